The van der Waals surface area contributed by atoms with E-state index < -0.39 is 6.10 Å². The molecule has 1 amide bonds. The van der Waals surface area contributed by atoms with Crippen LogP contribution in [0.25, 0.3) is 0 Å². The Morgan fingerprint density at radius 1 is 0.962 bits per heavy atom. The lowest BCUT2D eigenvalue weighted by atomic mass is 10.1. The quantitative estimate of drug-likeness (QED) is 0.596. The number of benzene rings is 2. The van der Waals surface area contributed by atoms with E-state index in [4.69, 9.17) is 9.47 Å². The molecule has 1 atom stereocenters. The Morgan fingerprint density at radius 3 is 2.15 bits per heavy atom. The first-order chi connectivity index (χ1) is 12.4. The van der Waals surface area contributed by atoms with E-state index >= 15 is 0 Å². The minimum absolute atomic E-state index is 0.103. The second-order valence-electron chi connectivity index (χ2n) is 6.42. The summed E-state index contributed by atoms with van der Waals surface area (Å²) in [5.41, 5.74) is 1.23. The molecule has 0 heterocycles. The Morgan fingerprint density at radius 2 is 1.54 bits per heavy atom. The van der Waals surface area contributed by atoms with Crippen molar-refractivity contribution in [3.8, 4) is 11.5 Å². The van der Waals surface area contributed by atoms with Crippen LogP contribution < -0.4 is 14.8 Å². The third-order valence-corrected chi connectivity index (χ3v) is 4.26. The number of carbonyl (C=O) groups excluding carboxylic acids is 1. The summed E-state index contributed by atoms with van der Waals surface area (Å²) in [6.45, 7) is 6.40. The maximum absolute atomic E-state index is 12.1. The van der Waals surface area contributed by atoms with Crippen molar-refractivity contribution in [2.75, 3.05) is 6.54 Å². The van der Waals surface area contributed by atoms with E-state index in [0.29, 0.717) is 12.3 Å². The van der Waals surface area contributed by atoms with Gasteiger partial charge in [-0.2, -0.15) is 0 Å². The number of aryl methyl sites for hydroxylation is 1. The van der Waals surface area contributed by atoms with Crippen LogP contribution in [0.15, 0.2) is 53.0 Å². The molecule has 0 saturated carbocycles. The van der Waals surface area contributed by atoms with Crippen molar-refractivity contribution in [3.63, 3.8) is 0 Å². The van der Waals surface area contributed by atoms with Gasteiger partial charge in [-0.15, -0.1) is 0 Å². The Hall–Kier alpha value is -2.01. The molecule has 4 nitrogen and oxygen atoms in total. The maximum atomic E-state index is 12.1. The SMILES string of the molecule is CC(C)Oc1ccc(CCCNC(=O)[C@@H](C)Oc2ccc(Br)cc2)cc1. The second kappa shape index (κ2) is 10.2. The van der Waals surface area contributed by atoms with E-state index in [9.17, 15) is 4.79 Å². The topological polar surface area (TPSA) is 47.6 Å². The van der Waals surface area contributed by atoms with E-state index in [1.165, 1.54) is 5.56 Å². The molecular weight excluding hydrogens is 394 g/mol. The van der Waals surface area contributed by atoms with E-state index in [2.05, 4.69) is 33.4 Å². The van der Waals surface area contributed by atoms with Crippen LogP contribution in [0.4, 0.5) is 0 Å². The molecule has 2 aromatic carbocycles. The molecular formula is C21H26BrNO3. The second-order valence-corrected chi connectivity index (χ2v) is 7.33. The number of amides is 1. The molecule has 5 heteroatoms. The monoisotopic (exact) mass is 419 g/mol. The molecule has 0 unspecified atom stereocenters. The first-order valence-electron chi connectivity index (χ1n) is 8.89. The predicted octanol–water partition coefficient (Wildman–Crippen LogP) is 4.75. The normalized spacial score (nSPS) is 11.9. The molecule has 0 radical (unpaired) electrons. The summed E-state index contributed by atoms with van der Waals surface area (Å²) >= 11 is 3.37. The van der Waals surface area contributed by atoms with Gasteiger partial charge in [0, 0.05) is 11.0 Å². The van der Waals surface area contributed by atoms with Crippen LogP contribution in [-0.2, 0) is 11.2 Å². The van der Waals surface area contributed by atoms with Crippen LogP contribution in [0.3, 0.4) is 0 Å². The lowest BCUT2D eigenvalue weighted by Gasteiger charge is -2.15. The molecule has 0 aromatic heterocycles. The molecule has 1 N–H and O–H groups in total. The number of hydrogen-bond acceptors (Lipinski definition) is 3. The Labute approximate surface area is 164 Å². The summed E-state index contributed by atoms with van der Waals surface area (Å²) in [5.74, 6) is 1.46. The maximum Gasteiger partial charge on any atom is 0.260 e. The first-order valence-corrected chi connectivity index (χ1v) is 9.69. The van der Waals surface area contributed by atoms with Crippen LogP contribution in [-0.4, -0.2) is 24.7 Å². The predicted molar refractivity (Wildman–Crippen MR) is 108 cm³/mol. The number of halogens is 1. The lowest BCUT2D eigenvalue weighted by Crippen LogP contribution is -2.36. The highest BCUT2D eigenvalue weighted by molar-refractivity contribution is 9.10. The van der Waals surface area contributed by atoms with Gasteiger partial charge < -0.3 is 14.8 Å². The average molecular weight is 420 g/mol. The van der Waals surface area contributed by atoms with Crippen molar-refractivity contribution in [3.05, 3.63) is 58.6 Å². The minimum atomic E-state index is -0.524. The summed E-state index contributed by atoms with van der Waals surface area (Å²) in [6.07, 6.45) is 1.44. The number of carbonyl (C=O) groups is 1. The fourth-order valence-electron chi connectivity index (χ4n) is 2.43. The number of nitrogens with one attached hydrogen (secondary N) is 1. The zero-order valence-electron chi connectivity index (χ0n) is 15.5. The largest absolute Gasteiger partial charge is 0.491 e. The summed E-state index contributed by atoms with van der Waals surface area (Å²) in [4.78, 5) is 12.1. The number of hydrogen-bond donors (Lipinski definition) is 1. The zero-order valence-corrected chi connectivity index (χ0v) is 17.1. The Balaban J connectivity index is 1.68. The highest BCUT2D eigenvalue weighted by atomic mass is 79.9. The van der Waals surface area contributed by atoms with Crippen molar-refractivity contribution >= 4 is 21.8 Å². The Kier molecular flexibility index (Phi) is 7.98. The first kappa shape index (κ1) is 20.3. The van der Waals surface area contributed by atoms with Gasteiger partial charge in [0.1, 0.15) is 11.5 Å². The number of ether oxygens (including phenoxy) is 2. The fourth-order valence-corrected chi connectivity index (χ4v) is 2.69. The van der Waals surface area contributed by atoms with Gasteiger partial charge in [-0.05, 0) is 75.6 Å². The summed E-state index contributed by atoms with van der Waals surface area (Å²) in [7, 11) is 0. The van der Waals surface area contributed by atoms with Crippen LogP contribution in [0.1, 0.15) is 32.8 Å². The third kappa shape index (κ3) is 7.08. The van der Waals surface area contributed by atoms with Gasteiger partial charge in [-0.1, -0.05) is 28.1 Å². The summed E-state index contributed by atoms with van der Waals surface area (Å²) in [5, 5.41) is 2.92. The summed E-state index contributed by atoms with van der Waals surface area (Å²) < 4.78 is 12.3. The van der Waals surface area contributed by atoms with Crippen molar-refractivity contribution in [1.82, 2.24) is 5.32 Å². The fraction of sp³-hybridized carbons (Fsp3) is 0.381. The van der Waals surface area contributed by atoms with Crippen LogP contribution in [0, 0.1) is 0 Å². The molecule has 26 heavy (non-hydrogen) atoms. The molecule has 0 aliphatic carbocycles. The highest BCUT2D eigenvalue weighted by Gasteiger charge is 2.13. The van der Waals surface area contributed by atoms with Crippen molar-refractivity contribution in [2.24, 2.45) is 0 Å². The number of rotatable bonds is 9. The van der Waals surface area contributed by atoms with Crippen LogP contribution in [0.5, 0.6) is 11.5 Å². The molecule has 0 spiro atoms. The van der Waals surface area contributed by atoms with Crippen LogP contribution >= 0.6 is 15.9 Å². The van der Waals surface area contributed by atoms with Gasteiger partial charge in [0.25, 0.3) is 5.91 Å². The molecule has 0 bridgehead atoms. The van der Waals surface area contributed by atoms with Gasteiger partial charge in [0.2, 0.25) is 0 Å². The average Bonchev–Trinajstić information content (AvgIpc) is 2.61. The molecule has 2 aromatic rings. The van der Waals surface area contributed by atoms with Gasteiger partial charge in [0.05, 0.1) is 6.10 Å². The zero-order chi connectivity index (χ0) is 18.9. The highest BCUT2D eigenvalue weighted by Crippen LogP contribution is 2.17. The summed E-state index contributed by atoms with van der Waals surface area (Å²) in [6, 6.07) is 15.6. The Bertz CT molecular complexity index is 683. The molecule has 0 aliphatic rings. The molecule has 140 valence electrons. The molecule has 0 fully saturated rings. The van der Waals surface area contributed by atoms with Crippen molar-refractivity contribution < 1.29 is 14.3 Å². The van der Waals surface area contributed by atoms with Gasteiger partial charge in [0.15, 0.2) is 6.10 Å². The molecule has 2 rings (SSSR count). The van der Waals surface area contributed by atoms with Crippen molar-refractivity contribution in [2.45, 2.75) is 45.8 Å². The molecule has 0 aliphatic heterocycles. The standard InChI is InChI=1S/C21H26BrNO3/c1-15(2)25-19-10-6-17(7-11-19)5-4-14-23-21(24)16(3)26-20-12-8-18(22)9-13-20/h6-13,15-16H,4-5,14H2,1-3H3,(H,23,24)/t16-/m1/s1. The third-order valence-electron chi connectivity index (χ3n) is 3.73. The smallest absolute Gasteiger partial charge is 0.260 e. The van der Waals surface area contributed by atoms with E-state index in [1.54, 1.807) is 6.92 Å². The van der Waals surface area contributed by atoms with Gasteiger partial charge >= 0.3 is 0 Å². The van der Waals surface area contributed by atoms with Gasteiger partial charge in [-0.3, -0.25) is 4.79 Å². The van der Waals surface area contributed by atoms with Gasteiger partial charge in [-0.25, -0.2) is 0 Å². The van der Waals surface area contributed by atoms with Crippen molar-refractivity contribution in [1.29, 1.82) is 0 Å². The van der Waals surface area contributed by atoms with E-state index in [0.717, 1.165) is 23.1 Å². The van der Waals surface area contributed by atoms with E-state index in [1.807, 2.05) is 50.2 Å². The lowest BCUT2D eigenvalue weighted by molar-refractivity contribution is -0.127. The van der Waals surface area contributed by atoms with E-state index in [-0.39, 0.29) is 12.0 Å². The van der Waals surface area contributed by atoms with Crippen LogP contribution in [0.2, 0.25) is 0 Å². The minimum Gasteiger partial charge on any atom is -0.491 e. The molecule has 0 saturated heterocycles.